The van der Waals surface area contributed by atoms with Gasteiger partial charge in [0.05, 0.1) is 5.71 Å². The van der Waals surface area contributed by atoms with Crippen molar-refractivity contribution >= 4 is 5.71 Å². The smallest absolute Gasteiger partial charge is 0.137 e. The maximum Gasteiger partial charge on any atom is 0.137 e. The second-order valence-corrected chi connectivity index (χ2v) is 3.91. The second-order valence-electron chi connectivity index (χ2n) is 3.91. The van der Waals surface area contributed by atoms with Gasteiger partial charge in [0.1, 0.15) is 6.10 Å². The second kappa shape index (κ2) is 4.45. The Morgan fingerprint density at radius 1 is 1.47 bits per heavy atom. The number of nitrogens with zero attached hydrogens (tertiary/aromatic N) is 1. The molecule has 80 valence electrons. The molecule has 0 spiro atoms. The molecule has 0 saturated carbocycles. The molecule has 3 nitrogen and oxygen atoms in total. The Morgan fingerprint density at radius 3 is 2.87 bits per heavy atom. The molecule has 0 aromatic heterocycles. The third-order valence-corrected chi connectivity index (χ3v) is 2.72. The topological polar surface area (TPSA) is 41.8 Å². The van der Waals surface area contributed by atoms with Gasteiger partial charge in [0.2, 0.25) is 0 Å². The van der Waals surface area contributed by atoms with E-state index in [-0.39, 0.29) is 18.6 Å². The van der Waals surface area contributed by atoms with Crippen LogP contribution < -0.4 is 0 Å². The first-order valence-corrected chi connectivity index (χ1v) is 5.20. The van der Waals surface area contributed by atoms with Crippen molar-refractivity contribution in [3.63, 3.8) is 0 Å². The molecule has 0 bridgehead atoms. The van der Waals surface area contributed by atoms with Gasteiger partial charge in [-0.25, -0.2) is 0 Å². The number of aliphatic hydroxyl groups is 1. The standard InChI is InChI=1S/C12H15NO2/c1-9(8-14)12-7-11(13-15-12)10-5-3-2-4-6-10/h2-6,9,12,14H,7-8H2,1H3/t9-,12+/m0/s1. The number of oxime groups is 1. The Kier molecular flexibility index (Phi) is 3.02. The molecule has 3 heteroatoms. The van der Waals surface area contributed by atoms with Crippen molar-refractivity contribution in [3.8, 4) is 0 Å². The normalized spacial score (nSPS) is 22.0. The lowest BCUT2D eigenvalue weighted by molar-refractivity contribution is 0.0250. The molecule has 0 amide bonds. The summed E-state index contributed by atoms with van der Waals surface area (Å²) in [6, 6.07) is 10.00. The van der Waals surface area contributed by atoms with Gasteiger partial charge in [-0.1, -0.05) is 42.4 Å². The van der Waals surface area contributed by atoms with E-state index in [0.29, 0.717) is 0 Å². The molecule has 15 heavy (non-hydrogen) atoms. The van der Waals surface area contributed by atoms with Crippen LogP contribution in [0, 0.1) is 5.92 Å². The molecule has 2 rings (SSSR count). The zero-order valence-electron chi connectivity index (χ0n) is 8.76. The lowest BCUT2D eigenvalue weighted by Gasteiger charge is -2.13. The molecule has 0 fully saturated rings. The Morgan fingerprint density at radius 2 is 2.20 bits per heavy atom. The zero-order valence-corrected chi connectivity index (χ0v) is 8.76. The van der Waals surface area contributed by atoms with Crippen molar-refractivity contribution in [2.75, 3.05) is 6.61 Å². The average Bonchev–Trinajstić information content (AvgIpc) is 2.78. The minimum atomic E-state index is 0.0187. The van der Waals surface area contributed by atoms with E-state index < -0.39 is 0 Å². The highest BCUT2D eigenvalue weighted by Crippen LogP contribution is 2.21. The molecule has 1 aromatic carbocycles. The van der Waals surface area contributed by atoms with Gasteiger partial charge in [0, 0.05) is 18.9 Å². The van der Waals surface area contributed by atoms with Gasteiger partial charge in [-0.15, -0.1) is 0 Å². The summed E-state index contributed by atoms with van der Waals surface area (Å²) in [5, 5.41) is 13.1. The fraction of sp³-hybridized carbons (Fsp3) is 0.417. The molecule has 0 saturated heterocycles. The molecule has 0 unspecified atom stereocenters. The summed E-state index contributed by atoms with van der Waals surface area (Å²) in [4.78, 5) is 5.30. The Hall–Kier alpha value is -1.35. The Labute approximate surface area is 89.4 Å². The highest BCUT2D eigenvalue weighted by Gasteiger charge is 2.26. The van der Waals surface area contributed by atoms with E-state index in [1.807, 2.05) is 37.3 Å². The van der Waals surface area contributed by atoms with Crippen LogP contribution >= 0.6 is 0 Å². The van der Waals surface area contributed by atoms with Crippen LogP contribution in [0.25, 0.3) is 0 Å². The molecule has 2 atom stereocenters. The monoisotopic (exact) mass is 205 g/mol. The maximum atomic E-state index is 9.02. The highest BCUT2D eigenvalue weighted by atomic mass is 16.6. The number of hydrogen-bond donors (Lipinski definition) is 1. The first-order chi connectivity index (χ1) is 7.31. The molecule has 1 aromatic rings. The maximum absolute atomic E-state index is 9.02. The average molecular weight is 205 g/mol. The minimum absolute atomic E-state index is 0.0187. The molecule has 1 aliphatic heterocycles. The summed E-state index contributed by atoms with van der Waals surface area (Å²) in [5.41, 5.74) is 2.08. The van der Waals surface area contributed by atoms with Crippen LogP contribution in [0.2, 0.25) is 0 Å². The van der Waals surface area contributed by atoms with Crippen LogP contribution in [0.5, 0.6) is 0 Å². The fourth-order valence-electron chi connectivity index (χ4n) is 1.62. The Bertz CT molecular complexity index is 348. The van der Waals surface area contributed by atoms with Crippen molar-refractivity contribution in [3.05, 3.63) is 35.9 Å². The number of rotatable bonds is 3. The number of aliphatic hydroxyl groups excluding tert-OH is 1. The summed E-state index contributed by atoms with van der Waals surface area (Å²) in [6.45, 7) is 2.11. The van der Waals surface area contributed by atoms with E-state index in [9.17, 15) is 0 Å². The summed E-state index contributed by atoms with van der Waals surface area (Å²) in [5.74, 6) is 0.134. The van der Waals surface area contributed by atoms with Crippen molar-refractivity contribution in [2.24, 2.45) is 11.1 Å². The summed E-state index contributed by atoms with van der Waals surface area (Å²) >= 11 is 0. The van der Waals surface area contributed by atoms with Crippen LogP contribution in [0.15, 0.2) is 35.5 Å². The molecule has 1 aliphatic rings. The van der Waals surface area contributed by atoms with Crippen molar-refractivity contribution in [1.29, 1.82) is 0 Å². The van der Waals surface area contributed by atoms with Gasteiger partial charge < -0.3 is 9.94 Å². The largest absolute Gasteiger partial charge is 0.396 e. The number of benzene rings is 1. The van der Waals surface area contributed by atoms with Crippen molar-refractivity contribution in [1.82, 2.24) is 0 Å². The van der Waals surface area contributed by atoms with Crippen LogP contribution in [0.1, 0.15) is 18.9 Å². The van der Waals surface area contributed by atoms with E-state index in [2.05, 4.69) is 5.16 Å². The van der Waals surface area contributed by atoms with Gasteiger partial charge in [-0.3, -0.25) is 0 Å². The van der Waals surface area contributed by atoms with E-state index in [1.165, 1.54) is 0 Å². The summed E-state index contributed by atoms with van der Waals surface area (Å²) in [7, 11) is 0. The quantitative estimate of drug-likeness (QED) is 0.817. The predicted octanol–water partition coefficient (Wildman–Crippen LogP) is 1.81. The SMILES string of the molecule is C[C@@H](CO)[C@H]1CC(c2ccccc2)=NO1. The van der Waals surface area contributed by atoms with Gasteiger partial charge in [0.15, 0.2) is 0 Å². The first-order valence-electron chi connectivity index (χ1n) is 5.20. The first kappa shape index (κ1) is 10.2. The van der Waals surface area contributed by atoms with Crippen LogP contribution in [-0.2, 0) is 4.84 Å². The fourth-order valence-corrected chi connectivity index (χ4v) is 1.62. The molecule has 1 N–H and O–H groups in total. The molecule has 0 aliphatic carbocycles. The molecular formula is C12H15NO2. The lowest BCUT2D eigenvalue weighted by atomic mass is 9.98. The third-order valence-electron chi connectivity index (χ3n) is 2.72. The van der Waals surface area contributed by atoms with Crippen molar-refractivity contribution < 1.29 is 9.94 Å². The van der Waals surface area contributed by atoms with Crippen molar-refractivity contribution in [2.45, 2.75) is 19.4 Å². The van der Waals surface area contributed by atoms with Crippen LogP contribution in [0.3, 0.4) is 0 Å². The van der Waals surface area contributed by atoms with Gasteiger partial charge in [-0.05, 0) is 5.56 Å². The third kappa shape index (κ3) is 2.18. The zero-order chi connectivity index (χ0) is 10.7. The summed E-state index contributed by atoms with van der Waals surface area (Å²) in [6.07, 6.45) is 0.802. The van der Waals surface area contributed by atoms with Gasteiger partial charge >= 0.3 is 0 Å². The lowest BCUT2D eigenvalue weighted by Crippen LogP contribution is -2.21. The van der Waals surface area contributed by atoms with Crippen LogP contribution in [0.4, 0.5) is 0 Å². The van der Waals surface area contributed by atoms with Gasteiger partial charge in [0.25, 0.3) is 0 Å². The van der Waals surface area contributed by atoms with E-state index >= 15 is 0 Å². The molecule has 0 radical (unpaired) electrons. The molecular weight excluding hydrogens is 190 g/mol. The van der Waals surface area contributed by atoms with E-state index in [1.54, 1.807) is 0 Å². The van der Waals surface area contributed by atoms with E-state index in [0.717, 1.165) is 17.7 Å². The minimum Gasteiger partial charge on any atom is -0.396 e. The molecule has 1 heterocycles. The Balaban J connectivity index is 2.04. The van der Waals surface area contributed by atoms with E-state index in [4.69, 9.17) is 9.94 Å². The van der Waals surface area contributed by atoms with Gasteiger partial charge in [-0.2, -0.15) is 0 Å². The predicted molar refractivity (Wildman–Crippen MR) is 58.7 cm³/mol. The highest BCUT2D eigenvalue weighted by molar-refractivity contribution is 6.01. The summed E-state index contributed by atoms with van der Waals surface area (Å²) < 4.78 is 0. The van der Waals surface area contributed by atoms with Crippen LogP contribution in [-0.4, -0.2) is 23.5 Å². The number of hydrogen-bond acceptors (Lipinski definition) is 3.